The lowest BCUT2D eigenvalue weighted by Gasteiger charge is -2.24. The third-order valence-electron chi connectivity index (χ3n) is 2.70. The van der Waals surface area contributed by atoms with Crippen LogP contribution in [0.2, 0.25) is 0 Å². The molecule has 0 saturated carbocycles. The van der Waals surface area contributed by atoms with E-state index in [2.05, 4.69) is 0 Å². The Balaban J connectivity index is 3.36. The fraction of sp³-hybridized carbons (Fsp3) is 0.500. The minimum Gasteiger partial charge on any atom is -0.260 e. The smallest absolute Gasteiger partial charge is 0.260 e. The molecule has 0 aromatic heterocycles. The van der Waals surface area contributed by atoms with E-state index >= 15 is 0 Å². The van der Waals surface area contributed by atoms with Gasteiger partial charge in [-0.15, -0.1) is 0 Å². The Morgan fingerprint density at radius 2 is 1.95 bits per heavy atom. The molecule has 1 aromatic carbocycles. The number of allylic oxidation sites excluding steroid dienone is 2. The van der Waals surface area contributed by atoms with Gasteiger partial charge in [-0.2, -0.15) is 8.42 Å². The summed E-state index contributed by atoms with van der Waals surface area (Å²) in [4.78, 5) is -0.283. The maximum absolute atomic E-state index is 12.6. The first kappa shape index (κ1) is 9.74. The van der Waals surface area contributed by atoms with Gasteiger partial charge in [-0.05, 0) is 58.9 Å². The second-order valence-corrected chi connectivity index (χ2v) is 6.19. The summed E-state index contributed by atoms with van der Waals surface area (Å²) >= 11 is 0. The van der Waals surface area contributed by atoms with Crippen molar-refractivity contribution in [3.05, 3.63) is 42.0 Å². The maximum Gasteiger partial charge on any atom is 0.297 e. The van der Waals surface area contributed by atoms with E-state index in [0.29, 0.717) is 6.42 Å². The van der Waals surface area contributed by atoms with Gasteiger partial charge in [0.05, 0.1) is 10.5 Å². The lowest BCUT2D eigenvalue weighted by atomic mass is 10.0. The van der Waals surface area contributed by atoms with Gasteiger partial charge >= 0.3 is 0 Å². The molecular weight excluding hydrogens is 272 g/mol. The van der Waals surface area contributed by atoms with Crippen LogP contribution in [-0.2, 0) is 14.3 Å². The van der Waals surface area contributed by atoms with E-state index in [9.17, 15) is 8.42 Å². The van der Waals surface area contributed by atoms with Crippen LogP contribution in [0.3, 0.4) is 0 Å². The molecule has 0 spiro atoms. The second kappa shape index (κ2) is 7.04. The summed E-state index contributed by atoms with van der Waals surface area (Å²) in [7, 11) is -4.58. The fourth-order valence-corrected chi connectivity index (χ4v) is 2.64. The molecule has 0 unspecified atom stereocenters. The Morgan fingerprint density at radius 1 is 1.30 bits per heavy atom. The average molecular weight is 302 g/mol. The molecule has 1 rings (SSSR count). The molecular formula is C16H24O3S. The highest BCUT2D eigenvalue weighted by atomic mass is 32.2. The van der Waals surface area contributed by atoms with Crippen molar-refractivity contribution in [1.29, 1.82) is 0 Å². The number of aryl methyl sites for hydroxylation is 1. The molecule has 20 heavy (non-hydrogen) atoms. The molecule has 0 aliphatic heterocycles. The van der Waals surface area contributed by atoms with Gasteiger partial charge in [0, 0.05) is 8.22 Å². The lowest BCUT2D eigenvalue weighted by Crippen LogP contribution is -2.28. The highest BCUT2D eigenvalue weighted by Gasteiger charge is 2.27. The molecule has 0 aliphatic rings. The van der Waals surface area contributed by atoms with Crippen molar-refractivity contribution in [3.63, 3.8) is 0 Å². The Hall–Kier alpha value is -1.13. The molecule has 1 aromatic rings. The minimum absolute atomic E-state index is 0.157. The van der Waals surface area contributed by atoms with Gasteiger partial charge in [0.1, 0.15) is 0 Å². The van der Waals surface area contributed by atoms with Crippen LogP contribution in [0.1, 0.15) is 53.7 Å². The summed E-state index contributed by atoms with van der Waals surface area (Å²) in [5.41, 5.74) is -2.01. The summed E-state index contributed by atoms with van der Waals surface area (Å²) in [6, 6.07) is 5.56. The van der Waals surface area contributed by atoms with E-state index in [1.165, 1.54) is 24.3 Å². The maximum atomic E-state index is 12.6. The van der Waals surface area contributed by atoms with Gasteiger partial charge in [0.2, 0.25) is 0 Å². The van der Waals surface area contributed by atoms with Crippen LogP contribution >= 0.6 is 0 Å². The Kier molecular flexibility index (Phi) is 3.43. The van der Waals surface area contributed by atoms with E-state index < -0.39 is 35.8 Å². The number of hydrogen-bond donors (Lipinski definition) is 0. The first-order valence-corrected chi connectivity index (χ1v) is 7.81. The molecule has 0 amide bonds. The molecule has 4 heteroatoms. The third-order valence-corrected chi connectivity index (χ3v) is 4.05. The van der Waals surface area contributed by atoms with Crippen LogP contribution in [0.15, 0.2) is 41.3 Å². The van der Waals surface area contributed by atoms with E-state index in [4.69, 9.17) is 12.4 Å². The van der Waals surface area contributed by atoms with Gasteiger partial charge in [0.15, 0.2) is 0 Å². The molecule has 112 valence electrons. The molecule has 3 nitrogen and oxygen atoms in total. The van der Waals surface area contributed by atoms with Crippen molar-refractivity contribution in [1.82, 2.24) is 0 Å². The van der Waals surface area contributed by atoms with Crippen LogP contribution in [0.5, 0.6) is 0 Å². The normalized spacial score (nSPS) is 18.7. The van der Waals surface area contributed by atoms with Gasteiger partial charge < -0.3 is 0 Å². The van der Waals surface area contributed by atoms with Crippen LogP contribution in [0.4, 0.5) is 0 Å². The number of hydrogen-bond acceptors (Lipinski definition) is 3. The largest absolute Gasteiger partial charge is 0.297 e. The second-order valence-electron chi connectivity index (χ2n) is 4.64. The quantitative estimate of drug-likeness (QED) is 0.430. The topological polar surface area (TPSA) is 43.4 Å². The predicted octanol–water partition coefficient (Wildman–Crippen LogP) is 4.23. The zero-order valence-electron chi connectivity index (χ0n) is 17.7. The standard InChI is InChI=1S/C16H24O3S/c1-5-6-7-8-13-16(3,4)19-20(17,18)15-11-9-14(2)10-12-15/h5-6,9-12H,7-8,13H2,1-4H3/b6-5+/i3D3,4D3. The lowest BCUT2D eigenvalue weighted by molar-refractivity contribution is 0.106. The third kappa shape index (κ3) is 5.47. The highest BCUT2D eigenvalue weighted by Crippen LogP contribution is 2.25. The van der Waals surface area contributed by atoms with Crippen molar-refractivity contribution in [2.45, 2.75) is 57.3 Å². The van der Waals surface area contributed by atoms with Crippen molar-refractivity contribution >= 4 is 10.1 Å². The molecule has 0 bridgehead atoms. The van der Waals surface area contributed by atoms with E-state index in [1.54, 1.807) is 26.0 Å². The summed E-state index contributed by atoms with van der Waals surface area (Å²) < 4.78 is 76.5. The number of benzene rings is 1. The van der Waals surface area contributed by atoms with E-state index in [-0.39, 0.29) is 11.3 Å². The molecule has 0 radical (unpaired) electrons. The summed E-state index contributed by atoms with van der Waals surface area (Å²) in [6.45, 7) is -2.79. The van der Waals surface area contributed by atoms with E-state index in [0.717, 1.165) is 5.56 Å². The van der Waals surface area contributed by atoms with Crippen LogP contribution in [-0.4, -0.2) is 14.0 Å². The first-order chi connectivity index (χ1) is 11.8. The van der Waals surface area contributed by atoms with Crippen molar-refractivity contribution in [2.75, 3.05) is 0 Å². The molecule has 0 heterocycles. The van der Waals surface area contributed by atoms with Gasteiger partial charge in [0.25, 0.3) is 10.1 Å². The van der Waals surface area contributed by atoms with Crippen molar-refractivity contribution in [3.8, 4) is 0 Å². The monoisotopic (exact) mass is 302 g/mol. The Morgan fingerprint density at radius 3 is 2.50 bits per heavy atom. The average Bonchev–Trinajstić information content (AvgIpc) is 2.48. The zero-order valence-corrected chi connectivity index (χ0v) is 12.5. The highest BCUT2D eigenvalue weighted by molar-refractivity contribution is 7.86. The zero-order chi connectivity index (χ0) is 20.2. The van der Waals surface area contributed by atoms with Gasteiger partial charge in [-0.1, -0.05) is 29.8 Å². The van der Waals surface area contributed by atoms with Crippen molar-refractivity contribution < 1.29 is 20.8 Å². The number of rotatable bonds is 7. The van der Waals surface area contributed by atoms with Gasteiger partial charge in [-0.25, -0.2) is 0 Å². The van der Waals surface area contributed by atoms with Gasteiger partial charge in [-0.3, -0.25) is 4.18 Å². The summed E-state index contributed by atoms with van der Waals surface area (Å²) in [5.74, 6) is 0. The van der Waals surface area contributed by atoms with Crippen LogP contribution in [0.25, 0.3) is 0 Å². The summed E-state index contributed by atoms with van der Waals surface area (Å²) in [6.07, 6.45) is 3.62. The first-order valence-electron chi connectivity index (χ1n) is 9.40. The number of unbranched alkanes of at least 4 members (excludes halogenated alkanes) is 1. The molecule has 0 N–H and O–H groups in total. The minimum atomic E-state index is -4.58. The molecule has 0 atom stereocenters. The van der Waals surface area contributed by atoms with Crippen LogP contribution in [0, 0.1) is 6.92 Å². The fourth-order valence-electron chi connectivity index (χ4n) is 1.62. The van der Waals surface area contributed by atoms with Crippen molar-refractivity contribution in [2.24, 2.45) is 0 Å². The summed E-state index contributed by atoms with van der Waals surface area (Å²) in [5, 5.41) is 0. The van der Waals surface area contributed by atoms with E-state index in [1.807, 2.05) is 0 Å². The Bertz CT molecular complexity index is 704. The molecule has 0 aliphatic carbocycles. The molecule has 0 fully saturated rings. The Labute approximate surface area is 131 Å². The van der Waals surface area contributed by atoms with Crippen LogP contribution < -0.4 is 0 Å². The SMILES string of the molecule is [2H]C([2H])([2H])C(CCC/C=C/C)(OS(=O)(=O)c1ccc(C)cc1)C([2H])([2H])[2H]. The molecule has 0 saturated heterocycles. The predicted molar refractivity (Wildman–Crippen MR) is 82.2 cm³/mol.